The van der Waals surface area contributed by atoms with E-state index >= 15 is 0 Å². The van der Waals surface area contributed by atoms with Crippen molar-refractivity contribution in [3.05, 3.63) is 84.9 Å². The SMILES string of the molecule is C[Si](C)(C)O[C@@H]1C=CC[C@H]2[C@@H]1S(=O)(=O)c1ccc3ccccc3c1-c1c(ccc3ccccc13)S2(=O)=O. The fraction of sp³-hybridized carbons (Fsp3) is 0.241. The standard InChI is InChI=1S/C29H28O5S2Si/c1-37(2,3)34-23-13-8-14-26-29(23)36(32,33)25-18-16-20-10-5-7-12-22(20)28(25)27-21-11-6-4-9-19(21)15-17-24(27)35(26,30)31/h4-13,15-18,23,26,29H,14H2,1-3H3/t23-,26+,29-/m1/s1. The summed E-state index contributed by atoms with van der Waals surface area (Å²) in [4.78, 5) is 0.337. The van der Waals surface area contributed by atoms with Gasteiger partial charge in [0.05, 0.1) is 21.1 Å². The molecule has 3 atom stereocenters. The van der Waals surface area contributed by atoms with Crippen LogP contribution in [0.4, 0.5) is 0 Å². The topological polar surface area (TPSA) is 77.5 Å². The van der Waals surface area contributed by atoms with Gasteiger partial charge in [0.15, 0.2) is 28.0 Å². The van der Waals surface area contributed by atoms with Crippen molar-refractivity contribution < 1.29 is 21.3 Å². The molecule has 5 nitrogen and oxygen atoms in total. The Hall–Kier alpha value is -2.78. The second-order valence-electron chi connectivity index (χ2n) is 10.8. The Bertz CT molecular complexity index is 1820. The van der Waals surface area contributed by atoms with Crippen LogP contribution < -0.4 is 0 Å². The van der Waals surface area contributed by atoms with Gasteiger partial charge in [0.2, 0.25) is 0 Å². The lowest BCUT2D eigenvalue weighted by molar-refractivity contribution is 0.225. The molecule has 0 spiro atoms. The molecule has 1 aliphatic carbocycles. The Labute approximate surface area is 218 Å². The van der Waals surface area contributed by atoms with E-state index in [0.29, 0.717) is 16.5 Å². The zero-order valence-electron chi connectivity index (χ0n) is 20.9. The molecule has 4 aromatic carbocycles. The van der Waals surface area contributed by atoms with Crippen LogP contribution in [0.5, 0.6) is 0 Å². The lowest BCUT2D eigenvalue weighted by atomic mass is 9.93. The molecule has 1 aliphatic heterocycles. The summed E-state index contributed by atoms with van der Waals surface area (Å²) in [6, 6.07) is 22.0. The van der Waals surface area contributed by atoms with Crippen LogP contribution in [-0.4, -0.2) is 41.8 Å². The maximum Gasteiger partial charge on any atom is 0.186 e. The third-order valence-electron chi connectivity index (χ3n) is 7.28. The first-order valence-electron chi connectivity index (χ1n) is 12.4. The molecule has 0 saturated carbocycles. The lowest BCUT2D eigenvalue weighted by Gasteiger charge is -2.39. The molecule has 6 rings (SSSR count). The third-order valence-corrected chi connectivity index (χ3v) is 12.9. The smallest absolute Gasteiger partial charge is 0.186 e. The van der Waals surface area contributed by atoms with Crippen molar-refractivity contribution in [3.8, 4) is 11.1 Å². The summed E-state index contributed by atoms with van der Waals surface area (Å²) in [5.74, 6) is 0. The van der Waals surface area contributed by atoms with Gasteiger partial charge in [-0.2, -0.15) is 0 Å². The second kappa shape index (κ2) is 8.36. The van der Waals surface area contributed by atoms with Gasteiger partial charge >= 0.3 is 0 Å². The Morgan fingerprint density at radius 3 is 1.76 bits per heavy atom. The number of allylic oxidation sites excluding steroid dienone is 1. The summed E-state index contributed by atoms with van der Waals surface area (Å²) < 4.78 is 64.5. The number of hydrogen-bond acceptors (Lipinski definition) is 5. The molecule has 0 bridgehead atoms. The molecule has 0 amide bonds. The number of rotatable bonds is 2. The molecule has 1 heterocycles. The number of hydrogen-bond donors (Lipinski definition) is 0. The van der Waals surface area contributed by atoms with Crippen LogP contribution in [0.25, 0.3) is 32.7 Å². The monoisotopic (exact) mass is 548 g/mol. The average molecular weight is 549 g/mol. The van der Waals surface area contributed by atoms with Crippen LogP contribution in [0.15, 0.2) is 94.7 Å². The van der Waals surface area contributed by atoms with E-state index in [-0.39, 0.29) is 16.2 Å². The Kier molecular flexibility index (Phi) is 5.55. The van der Waals surface area contributed by atoms with Crippen LogP contribution in [0.2, 0.25) is 19.6 Å². The van der Waals surface area contributed by atoms with Gasteiger partial charge in [-0.25, -0.2) is 16.8 Å². The minimum absolute atomic E-state index is 0.118. The highest BCUT2D eigenvalue weighted by atomic mass is 32.2. The highest BCUT2D eigenvalue weighted by Crippen LogP contribution is 2.48. The molecule has 4 aromatic rings. The second-order valence-corrected chi connectivity index (χ2v) is 19.4. The van der Waals surface area contributed by atoms with E-state index in [1.165, 1.54) is 0 Å². The third kappa shape index (κ3) is 3.81. The fourth-order valence-corrected chi connectivity index (χ4v) is 11.8. The summed E-state index contributed by atoms with van der Waals surface area (Å²) in [6.07, 6.45) is 2.79. The zero-order valence-corrected chi connectivity index (χ0v) is 23.5. The van der Waals surface area contributed by atoms with E-state index in [1.54, 1.807) is 24.3 Å². The van der Waals surface area contributed by atoms with E-state index in [2.05, 4.69) is 0 Å². The molecule has 8 heteroatoms. The van der Waals surface area contributed by atoms with E-state index in [4.69, 9.17) is 4.43 Å². The van der Waals surface area contributed by atoms with E-state index in [9.17, 15) is 16.8 Å². The largest absolute Gasteiger partial charge is 0.410 e. The summed E-state index contributed by atoms with van der Waals surface area (Å²) in [5.41, 5.74) is 0.914. The first kappa shape index (κ1) is 24.5. The number of sulfone groups is 2. The van der Waals surface area contributed by atoms with E-state index < -0.39 is 44.6 Å². The van der Waals surface area contributed by atoms with Crippen molar-refractivity contribution in [2.75, 3.05) is 0 Å². The predicted octanol–water partition coefficient (Wildman–Crippen LogP) is 6.14. The molecular weight excluding hydrogens is 521 g/mol. The minimum Gasteiger partial charge on any atom is -0.410 e. The summed E-state index contributed by atoms with van der Waals surface area (Å²) >= 11 is 0. The van der Waals surface area contributed by atoms with Gasteiger partial charge in [0.25, 0.3) is 0 Å². The maximum atomic E-state index is 14.6. The van der Waals surface area contributed by atoms with Crippen LogP contribution in [-0.2, 0) is 24.1 Å². The highest BCUT2D eigenvalue weighted by Gasteiger charge is 2.51. The van der Waals surface area contributed by atoms with Crippen LogP contribution in [0.3, 0.4) is 0 Å². The van der Waals surface area contributed by atoms with Gasteiger partial charge in [-0.1, -0.05) is 72.8 Å². The van der Waals surface area contributed by atoms with Crippen LogP contribution in [0.1, 0.15) is 6.42 Å². The lowest BCUT2D eigenvalue weighted by Crippen LogP contribution is -2.52. The zero-order chi connectivity index (χ0) is 26.2. The molecule has 0 radical (unpaired) electrons. The highest BCUT2D eigenvalue weighted by molar-refractivity contribution is 7.96. The van der Waals surface area contributed by atoms with Crippen molar-refractivity contribution >= 4 is 49.5 Å². The van der Waals surface area contributed by atoms with Crippen molar-refractivity contribution in [2.45, 2.75) is 52.5 Å². The first-order valence-corrected chi connectivity index (χ1v) is 18.9. The van der Waals surface area contributed by atoms with Gasteiger partial charge in [-0.3, -0.25) is 0 Å². The molecule has 190 valence electrons. The first-order chi connectivity index (χ1) is 17.5. The van der Waals surface area contributed by atoms with E-state index in [1.807, 2.05) is 80.3 Å². The number of fused-ring (bicyclic) bond motifs is 8. The Morgan fingerprint density at radius 2 is 1.22 bits per heavy atom. The fourth-order valence-electron chi connectivity index (χ4n) is 5.80. The summed E-state index contributed by atoms with van der Waals surface area (Å²) in [6.45, 7) is 5.95. The van der Waals surface area contributed by atoms with E-state index in [0.717, 1.165) is 16.2 Å². The summed E-state index contributed by atoms with van der Waals surface area (Å²) in [7, 11) is -10.4. The molecule has 0 N–H and O–H groups in total. The molecule has 37 heavy (non-hydrogen) atoms. The minimum atomic E-state index is -4.13. The molecule has 0 unspecified atom stereocenters. The maximum absolute atomic E-state index is 14.6. The molecule has 2 aliphatic rings. The van der Waals surface area contributed by atoms with Crippen molar-refractivity contribution in [1.82, 2.24) is 0 Å². The van der Waals surface area contributed by atoms with Gasteiger partial charge in [0, 0.05) is 11.1 Å². The van der Waals surface area contributed by atoms with Crippen molar-refractivity contribution in [2.24, 2.45) is 0 Å². The average Bonchev–Trinajstić information content (AvgIpc) is 2.85. The normalized spacial score (nSPS) is 24.0. The van der Waals surface area contributed by atoms with Crippen LogP contribution >= 0.6 is 0 Å². The van der Waals surface area contributed by atoms with Gasteiger partial charge < -0.3 is 4.43 Å². The Balaban J connectivity index is 1.81. The van der Waals surface area contributed by atoms with Gasteiger partial charge in [-0.15, -0.1) is 0 Å². The molecule has 0 saturated heterocycles. The molecular formula is C29H28O5S2Si. The molecule has 0 aromatic heterocycles. The summed E-state index contributed by atoms with van der Waals surface area (Å²) in [5, 5.41) is 0.744. The predicted molar refractivity (Wildman–Crippen MR) is 151 cm³/mol. The van der Waals surface area contributed by atoms with Gasteiger partial charge in [0.1, 0.15) is 5.25 Å². The van der Waals surface area contributed by atoms with Crippen LogP contribution in [0, 0.1) is 0 Å². The van der Waals surface area contributed by atoms with Crippen molar-refractivity contribution in [3.63, 3.8) is 0 Å². The molecule has 0 fully saturated rings. The number of benzene rings is 4. The van der Waals surface area contributed by atoms with Gasteiger partial charge in [-0.05, 0) is 59.7 Å². The Morgan fingerprint density at radius 1 is 0.703 bits per heavy atom. The van der Waals surface area contributed by atoms with Crippen molar-refractivity contribution in [1.29, 1.82) is 0 Å². The quantitative estimate of drug-likeness (QED) is 0.222.